The van der Waals surface area contributed by atoms with Crippen LogP contribution in [0.1, 0.15) is 0 Å². The van der Waals surface area contributed by atoms with Crippen molar-refractivity contribution < 1.29 is 9.94 Å². The first-order chi connectivity index (χ1) is 2.89. The second kappa shape index (κ2) is 1.53. The van der Waals surface area contributed by atoms with E-state index in [1.807, 2.05) is 0 Å². The molecule has 1 saturated heterocycles. The number of aliphatic hydroxyl groups is 1. The fourth-order valence-corrected chi connectivity index (χ4v) is 0.291. The third-order valence-electron chi connectivity index (χ3n) is 0.544. The van der Waals surface area contributed by atoms with Crippen molar-refractivity contribution in [3.05, 3.63) is 0 Å². The van der Waals surface area contributed by atoms with Gasteiger partial charge in [-0.15, -0.1) is 0 Å². The molecule has 1 heterocycles. The van der Waals surface area contributed by atoms with Gasteiger partial charge in [-0.3, -0.25) is 10.2 Å². The van der Waals surface area contributed by atoms with Gasteiger partial charge in [0.15, 0.2) is 0 Å². The van der Waals surface area contributed by atoms with Crippen molar-refractivity contribution in [2.24, 2.45) is 0 Å². The molecule has 0 aromatic carbocycles. The summed E-state index contributed by atoms with van der Waals surface area (Å²) in [6.45, 7) is 0.515. The summed E-state index contributed by atoms with van der Waals surface area (Å²) in [6.07, 6.45) is -0.815. The maximum atomic E-state index is 8.33. The van der Waals surface area contributed by atoms with E-state index in [0.717, 1.165) is 0 Å². The number of aliphatic hydroxyl groups excluding tert-OH is 1. The summed E-state index contributed by atoms with van der Waals surface area (Å²) in [5, 5.41) is 10.9. The molecule has 0 saturated carbocycles. The van der Waals surface area contributed by atoms with Crippen LogP contribution >= 0.6 is 0 Å². The van der Waals surface area contributed by atoms with Gasteiger partial charge in [0.25, 0.3) is 0 Å². The van der Waals surface area contributed by atoms with Crippen molar-refractivity contribution in [3.8, 4) is 0 Å². The molecule has 1 atom stereocenters. The molecule has 0 radical (unpaired) electrons. The van der Waals surface area contributed by atoms with E-state index in [-0.39, 0.29) is 0 Å². The maximum absolute atomic E-state index is 8.33. The minimum absolute atomic E-state index is 0.515. The van der Waals surface area contributed by atoms with Crippen LogP contribution in [0, 0.1) is 0 Å². The molecule has 0 bridgehead atoms. The van der Waals surface area contributed by atoms with E-state index in [4.69, 9.17) is 5.11 Å². The Morgan fingerprint density at radius 3 is 2.83 bits per heavy atom. The predicted octanol–water partition coefficient (Wildman–Crippen LogP) is -1.66. The lowest BCUT2D eigenvalue weighted by Gasteiger charge is -1.92. The lowest BCUT2D eigenvalue weighted by molar-refractivity contribution is -0.109. The van der Waals surface area contributed by atoms with E-state index in [1.54, 1.807) is 0 Å². The van der Waals surface area contributed by atoms with Gasteiger partial charge in [0, 0.05) is 0 Å². The van der Waals surface area contributed by atoms with Gasteiger partial charge in [0.2, 0.25) is 6.41 Å². The van der Waals surface area contributed by atoms with Crippen molar-refractivity contribution in [1.82, 2.24) is 10.8 Å². The van der Waals surface area contributed by atoms with Crippen molar-refractivity contribution in [2.45, 2.75) is 6.41 Å². The van der Waals surface area contributed by atoms with Gasteiger partial charge < -0.3 is 5.11 Å². The molecule has 4 nitrogen and oxygen atoms in total. The van der Waals surface area contributed by atoms with Crippen LogP contribution in [-0.2, 0) is 4.84 Å². The van der Waals surface area contributed by atoms with E-state index in [1.165, 1.54) is 0 Å². The summed E-state index contributed by atoms with van der Waals surface area (Å²) in [7, 11) is 0. The first-order valence-electron chi connectivity index (χ1n) is 1.69. The summed E-state index contributed by atoms with van der Waals surface area (Å²) in [4.78, 5) is 4.35. The van der Waals surface area contributed by atoms with Gasteiger partial charge >= 0.3 is 0 Å². The van der Waals surface area contributed by atoms with Crippen LogP contribution in [-0.4, -0.2) is 18.2 Å². The zero-order valence-corrected chi connectivity index (χ0v) is 3.14. The quantitative estimate of drug-likeness (QED) is 0.333. The smallest absolute Gasteiger partial charge is 0.232 e. The third-order valence-corrected chi connectivity index (χ3v) is 0.544. The standard InChI is InChI=1S/C2H6N2O2/c5-2-3-1-4-6-2/h2-5H,1H2. The normalized spacial score (nSPS) is 34.5. The summed E-state index contributed by atoms with van der Waals surface area (Å²) < 4.78 is 0. The zero-order valence-electron chi connectivity index (χ0n) is 3.14. The fraction of sp³-hybridized carbons (Fsp3) is 1.00. The first-order valence-corrected chi connectivity index (χ1v) is 1.69. The van der Waals surface area contributed by atoms with Crippen LogP contribution in [0.2, 0.25) is 0 Å². The fourth-order valence-electron chi connectivity index (χ4n) is 0.291. The van der Waals surface area contributed by atoms with Crippen molar-refractivity contribution in [2.75, 3.05) is 6.67 Å². The van der Waals surface area contributed by atoms with Crippen LogP contribution in [0.5, 0.6) is 0 Å². The molecule has 6 heavy (non-hydrogen) atoms. The molecule has 1 fully saturated rings. The van der Waals surface area contributed by atoms with Gasteiger partial charge in [-0.1, -0.05) is 0 Å². The molecule has 0 amide bonds. The number of rotatable bonds is 0. The molecule has 4 heteroatoms. The topological polar surface area (TPSA) is 53.5 Å². The highest BCUT2D eigenvalue weighted by Crippen LogP contribution is 1.79. The Labute approximate surface area is 35.1 Å². The molecule has 36 valence electrons. The molecule has 0 aromatic heterocycles. The Bertz CT molecular complexity index is 42.8. The molecule has 1 unspecified atom stereocenters. The van der Waals surface area contributed by atoms with Gasteiger partial charge in [-0.2, -0.15) is 5.48 Å². The van der Waals surface area contributed by atoms with Crippen LogP contribution < -0.4 is 10.8 Å². The van der Waals surface area contributed by atoms with E-state index in [9.17, 15) is 0 Å². The Morgan fingerprint density at radius 1 is 1.83 bits per heavy atom. The molecule has 0 aromatic rings. The monoisotopic (exact) mass is 90.0 g/mol. The van der Waals surface area contributed by atoms with Gasteiger partial charge in [-0.25, -0.2) is 0 Å². The Balaban J connectivity index is 2.18. The average molecular weight is 90.1 g/mol. The molecular formula is C2H6N2O2. The van der Waals surface area contributed by atoms with Gasteiger partial charge in [0.1, 0.15) is 0 Å². The minimum Gasteiger partial charge on any atom is -0.355 e. The van der Waals surface area contributed by atoms with Crippen LogP contribution in [0.3, 0.4) is 0 Å². The first kappa shape index (κ1) is 4.01. The lowest BCUT2D eigenvalue weighted by atomic mass is 11.0. The Morgan fingerprint density at radius 2 is 2.67 bits per heavy atom. The van der Waals surface area contributed by atoms with E-state index in [0.29, 0.717) is 6.67 Å². The number of hydrogen-bond donors (Lipinski definition) is 3. The molecule has 0 aliphatic carbocycles. The van der Waals surface area contributed by atoms with Crippen molar-refractivity contribution >= 4 is 0 Å². The largest absolute Gasteiger partial charge is 0.355 e. The van der Waals surface area contributed by atoms with Crippen LogP contribution in [0.4, 0.5) is 0 Å². The van der Waals surface area contributed by atoms with E-state index in [2.05, 4.69) is 15.6 Å². The number of hydrogen-bond acceptors (Lipinski definition) is 4. The second-order valence-corrected chi connectivity index (χ2v) is 0.995. The highest BCUT2D eigenvalue weighted by atomic mass is 16.8. The summed E-state index contributed by atoms with van der Waals surface area (Å²) in [5.74, 6) is 0. The molecule has 1 aliphatic rings. The maximum Gasteiger partial charge on any atom is 0.232 e. The lowest BCUT2D eigenvalue weighted by Crippen LogP contribution is -2.20. The molecule has 3 N–H and O–H groups in total. The second-order valence-electron chi connectivity index (χ2n) is 0.995. The Kier molecular flexibility index (Phi) is 1.02. The zero-order chi connectivity index (χ0) is 4.41. The third kappa shape index (κ3) is 0.662. The minimum atomic E-state index is -0.815. The average Bonchev–Trinajstić information content (AvgIpc) is 1.86. The molecule has 1 rings (SSSR count). The van der Waals surface area contributed by atoms with Crippen LogP contribution in [0.15, 0.2) is 0 Å². The molecule has 1 aliphatic heterocycles. The SMILES string of the molecule is OC1NCNO1. The van der Waals surface area contributed by atoms with E-state index >= 15 is 0 Å². The molecular weight excluding hydrogens is 84.0 g/mol. The van der Waals surface area contributed by atoms with Crippen molar-refractivity contribution in [1.29, 1.82) is 0 Å². The van der Waals surface area contributed by atoms with Crippen LogP contribution in [0.25, 0.3) is 0 Å². The predicted molar refractivity (Wildman–Crippen MR) is 18.2 cm³/mol. The number of nitrogens with one attached hydrogen (secondary N) is 2. The van der Waals surface area contributed by atoms with Gasteiger partial charge in [0.05, 0.1) is 6.67 Å². The molecule has 0 spiro atoms. The summed E-state index contributed by atoms with van der Waals surface area (Å²) in [6, 6.07) is 0. The highest BCUT2D eigenvalue weighted by molar-refractivity contribution is 4.39. The van der Waals surface area contributed by atoms with Gasteiger partial charge in [-0.05, 0) is 0 Å². The summed E-state index contributed by atoms with van der Waals surface area (Å²) in [5.41, 5.74) is 2.41. The van der Waals surface area contributed by atoms with Crippen molar-refractivity contribution in [3.63, 3.8) is 0 Å². The number of hydroxylamine groups is 1. The Hall–Kier alpha value is -0.160. The summed E-state index contributed by atoms with van der Waals surface area (Å²) >= 11 is 0. The van der Waals surface area contributed by atoms with E-state index < -0.39 is 6.41 Å². The highest BCUT2D eigenvalue weighted by Gasteiger charge is 2.06.